The highest BCUT2D eigenvalue weighted by Crippen LogP contribution is 2.18. The van der Waals surface area contributed by atoms with Gasteiger partial charge in [-0.25, -0.2) is 0 Å². The summed E-state index contributed by atoms with van der Waals surface area (Å²) in [6, 6.07) is 9.00. The number of benzene rings is 1. The zero-order valence-electron chi connectivity index (χ0n) is 12.4. The van der Waals surface area contributed by atoms with Gasteiger partial charge in [-0.1, -0.05) is 18.6 Å². The van der Waals surface area contributed by atoms with Crippen molar-refractivity contribution in [2.24, 2.45) is 0 Å². The average Bonchev–Trinajstić information content (AvgIpc) is 2.89. The van der Waals surface area contributed by atoms with Gasteiger partial charge in [-0.15, -0.1) is 0 Å². The molecule has 0 spiro atoms. The minimum Gasteiger partial charge on any atom is -0.346 e. The van der Waals surface area contributed by atoms with E-state index in [9.17, 15) is 0 Å². The summed E-state index contributed by atoms with van der Waals surface area (Å²) in [4.78, 5) is 2.60. The van der Waals surface area contributed by atoms with Crippen molar-refractivity contribution in [1.82, 2.24) is 14.8 Å². The second-order valence-electron chi connectivity index (χ2n) is 5.83. The summed E-state index contributed by atoms with van der Waals surface area (Å²) in [5, 5.41) is 4.58. The van der Waals surface area contributed by atoms with E-state index in [4.69, 9.17) is 0 Å². The van der Waals surface area contributed by atoms with E-state index in [0.717, 1.165) is 13.1 Å². The fourth-order valence-electron chi connectivity index (χ4n) is 3.17. The van der Waals surface area contributed by atoms with Crippen molar-refractivity contribution in [2.45, 2.75) is 32.4 Å². The number of hydrogen-bond acceptors (Lipinski definition) is 2. The molecule has 1 saturated heterocycles. The van der Waals surface area contributed by atoms with Gasteiger partial charge in [0.1, 0.15) is 0 Å². The highest BCUT2D eigenvalue weighted by molar-refractivity contribution is 5.80. The predicted octanol–water partition coefficient (Wildman–Crippen LogP) is 2.85. The Morgan fingerprint density at radius 2 is 1.90 bits per heavy atom. The van der Waals surface area contributed by atoms with Gasteiger partial charge in [-0.05, 0) is 56.1 Å². The van der Waals surface area contributed by atoms with Crippen LogP contribution in [0.1, 0.15) is 24.8 Å². The van der Waals surface area contributed by atoms with E-state index in [0.29, 0.717) is 0 Å². The van der Waals surface area contributed by atoms with Gasteiger partial charge in [-0.3, -0.25) is 0 Å². The number of piperidine rings is 1. The van der Waals surface area contributed by atoms with Crippen molar-refractivity contribution in [1.29, 1.82) is 0 Å². The minimum atomic E-state index is 0.938. The Morgan fingerprint density at radius 3 is 2.70 bits per heavy atom. The molecular formula is C17H25N3. The normalized spacial score (nSPS) is 16.9. The maximum Gasteiger partial charge on any atom is 0.0483 e. The van der Waals surface area contributed by atoms with Crippen molar-refractivity contribution in [2.75, 3.05) is 26.7 Å². The minimum absolute atomic E-state index is 0.938. The van der Waals surface area contributed by atoms with Gasteiger partial charge in [0, 0.05) is 31.3 Å². The Kier molecular flexibility index (Phi) is 4.38. The molecule has 3 heteroatoms. The Balaban J connectivity index is 1.71. The highest BCUT2D eigenvalue weighted by atomic mass is 15.1. The number of likely N-dealkylation sites (tertiary alicyclic amines) is 1. The van der Waals surface area contributed by atoms with E-state index < -0.39 is 0 Å². The van der Waals surface area contributed by atoms with Crippen molar-refractivity contribution < 1.29 is 0 Å². The van der Waals surface area contributed by atoms with Gasteiger partial charge in [0.25, 0.3) is 0 Å². The van der Waals surface area contributed by atoms with Crippen LogP contribution in [0.25, 0.3) is 10.9 Å². The molecule has 0 unspecified atom stereocenters. The van der Waals surface area contributed by atoms with Crippen molar-refractivity contribution >= 4 is 10.9 Å². The standard InChI is InChI=1S/C17H25N3/c1-18-14-15-5-6-16-7-10-20(17(16)13-15)12-11-19-8-3-2-4-9-19/h5-7,10,13,18H,2-4,8-9,11-12,14H2,1H3. The van der Waals surface area contributed by atoms with Gasteiger partial charge in [-0.2, -0.15) is 0 Å². The number of nitrogens with zero attached hydrogens (tertiary/aromatic N) is 2. The quantitative estimate of drug-likeness (QED) is 0.902. The molecule has 108 valence electrons. The Morgan fingerprint density at radius 1 is 1.05 bits per heavy atom. The van der Waals surface area contributed by atoms with Crippen LogP contribution in [0.2, 0.25) is 0 Å². The largest absolute Gasteiger partial charge is 0.346 e. The molecule has 1 N–H and O–H groups in total. The topological polar surface area (TPSA) is 20.2 Å². The molecule has 2 aromatic rings. The van der Waals surface area contributed by atoms with Crippen LogP contribution in [-0.4, -0.2) is 36.1 Å². The van der Waals surface area contributed by atoms with Gasteiger partial charge in [0.05, 0.1) is 0 Å². The smallest absolute Gasteiger partial charge is 0.0483 e. The lowest BCUT2D eigenvalue weighted by Crippen LogP contribution is -2.32. The number of rotatable bonds is 5. The molecule has 3 nitrogen and oxygen atoms in total. The summed E-state index contributed by atoms with van der Waals surface area (Å²) in [6.07, 6.45) is 6.39. The zero-order chi connectivity index (χ0) is 13.8. The molecule has 2 heterocycles. The molecule has 3 rings (SSSR count). The maximum atomic E-state index is 3.23. The second kappa shape index (κ2) is 6.42. The average molecular weight is 271 g/mol. The third-order valence-corrected chi connectivity index (χ3v) is 4.33. The van der Waals surface area contributed by atoms with Crippen molar-refractivity contribution in [3.63, 3.8) is 0 Å². The van der Waals surface area contributed by atoms with Gasteiger partial charge in [0.15, 0.2) is 0 Å². The summed E-state index contributed by atoms with van der Waals surface area (Å²) >= 11 is 0. The Bertz CT molecular complexity index is 552. The van der Waals surface area contributed by atoms with Gasteiger partial charge >= 0.3 is 0 Å². The molecule has 1 fully saturated rings. The lowest BCUT2D eigenvalue weighted by Gasteiger charge is -2.26. The molecular weight excluding hydrogens is 246 g/mol. The third-order valence-electron chi connectivity index (χ3n) is 4.33. The van der Waals surface area contributed by atoms with Gasteiger partial charge in [0.2, 0.25) is 0 Å². The summed E-state index contributed by atoms with van der Waals surface area (Å²) in [5.74, 6) is 0. The zero-order valence-corrected chi connectivity index (χ0v) is 12.4. The van der Waals surface area contributed by atoms with Crippen LogP contribution in [0, 0.1) is 0 Å². The first-order valence-corrected chi connectivity index (χ1v) is 7.81. The molecule has 0 amide bonds. The van der Waals surface area contributed by atoms with Gasteiger partial charge < -0.3 is 14.8 Å². The molecule has 1 aliphatic heterocycles. The van der Waals surface area contributed by atoms with Crippen LogP contribution in [0.5, 0.6) is 0 Å². The molecule has 0 radical (unpaired) electrons. The summed E-state index contributed by atoms with van der Waals surface area (Å²) in [6.45, 7) is 5.79. The van der Waals surface area contributed by atoms with E-state index in [1.54, 1.807) is 0 Å². The van der Waals surface area contributed by atoms with E-state index in [1.165, 1.54) is 55.4 Å². The predicted molar refractivity (Wildman–Crippen MR) is 85.0 cm³/mol. The molecule has 0 atom stereocenters. The summed E-state index contributed by atoms with van der Waals surface area (Å²) in [7, 11) is 2.00. The first kappa shape index (κ1) is 13.7. The molecule has 0 bridgehead atoms. The maximum absolute atomic E-state index is 3.23. The van der Waals surface area contributed by atoms with Crippen LogP contribution in [0.4, 0.5) is 0 Å². The lowest BCUT2D eigenvalue weighted by molar-refractivity contribution is 0.221. The fraction of sp³-hybridized carbons (Fsp3) is 0.529. The monoisotopic (exact) mass is 271 g/mol. The van der Waals surface area contributed by atoms with E-state index in [-0.39, 0.29) is 0 Å². The second-order valence-corrected chi connectivity index (χ2v) is 5.83. The Labute approximate surface area is 121 Å². The highest BCUT2D eigenvalue weighted by Gasteiger charge is 2.10. The fourth-order valence-corrected chi connectivity index (χ4v) is 3.17. The lowest BCUT2D eigenvalue weighted by atomic mass is 10.1. The van der Waals surface area contributed by atoms with E-state index in [1.807, 2.05) is 7.05 Å². The molecule has 0 saturated carbocycles. The first-order chi connectivity index (χ1) is 9.86. The van der Waals surface area contributed by atoms with E-state index >= 15 is 0 Å². The first-order valence-electron chi connectivity index (χ1n) is 7.81. The molecule has 1 aromatic heterocycles. The van der Waals surface area contributed by atoms with Crippen LogP contribution in [0.15, 0.2) is 30.5 Å². The molecule has 1 aromatic carbocycles. The number of nitrogens with one attached hydrogen (secondary N) is 1. The number of hydrogen-bond donors (Lipinski definition) is 1. The van der Waals surface area contributed by atoms with Crippen LogP contribution >= 0.6 is 0 Å². The summed E-state index contributed by atoms with van der Waals surface area (Å²) < 4.78 is 2.41. The molecule has 0 aliphatic carbocycles. The van der Waals surface area contributed by atoms with Crippen LogP contribution in [-0.2, 0) is 13.1 Å². The van der Waals surface area contributed by atoms with Crippen LogP contribution < -0.4 is 5.32 Å². The number of aromatic nitrogens is 1. The van der Waals surface area contributed by atoms with Crippen molar-refractivity contribution in [3.05, 3.63) is 36.0 Å². The third kappa shape index (κ3) is 3.05. The van der Waals surface area contributed by atoms with Crippen molar-refractivity contribution in [3.8, 4) is 0 Å². The van der Waals surface area contributed by atoms with Crippen LogP contribution in [0.3, 0.4) is 0 Å². The van der Waals surface area contributed by atoms with E-state index in [2.05, 4.69) is 45.2 Å². The Hall–Kier alpha value is -1.32. The summed E-state index contributed by atoms with van der Waals surface area (Å²) in [5.41, 5.74) is 2.73. The SMILES string of the molecule is CNCc1ccc2ccn(CCN3CCCCC3)c2c1. The molecule has 20 heavy (non-hydrogen) atoms. The molecule has 1 aliphatic rings. The number of fused-ring (bicyclic) bond motifs is 1.